The number of rotatable bonds is 7. The van der Waals surface area contributed by atoms with Crippen LogP contribution in [0, 0.1) is 0 Å². The Morgan fingerprint density at radius 3 is 2.87 bits per heavy atom. The van der Waals surface area contributed by atoms with Crippen molar-refractivity contribution in [3.63, 3.8) is 0 Å². The lowest BCUT2D eigenvalue weighted by Gasteiger charge is -2.14. The molecule has 0 bridgehead atoms. The number of carbonyl (C=O) groups is 1. The molecule has 0 spiro atoms. The predicted octanol–water partition coefficient (Wildman–Crippen LogP) is 5.12. The number of thioether (sulfide) groups is 1. The minimum absolute atomic E-state index is 0.162. The maximum atomic E-state index is 13.0. The van der Waals surface area contributed by atoms with E-state index in [1.165, 1.54) is 18.0 Å². The first-order valence-electron chi connectivity index (χ1n) is 7.30. The highest BCUT2D eigenvalue weighted by atomic mass is 35.5. The number of nitrogens with zero attached hydrogens (tertiary/aromatic N) is 1. The molecule has 122 valence electrons. The van der Waals surface area contributed by atoms with E-state index in [0.717, 1.165) is 12.8 Å². The van der Waals surface area contributed by atoms with Gasteiger partial charge < -0.3 is 9.26 Å². The van der Waals surface area contributed by atoms with Gasteiger partial charge in [-0.05, 0) is 31.9 Å². The number of ketones is 1. The third-order valence-electron chi connectivity index (χ3n) is 3.59. The number of benzene rings is 1. The highest BCUT2D eigenvalue weighted by Gasteiger charge is 2.33. The quantitative estimate of drug-likeness (QED) is 0.383. The van der Waals surface area contributed by atoms with Gasteiger partial charge >= 0.3 is 0 Å². The van der Waals surface area contributed by atoms with E-state index in [4.69, 9.17) is 32.5 Å². The minimum Gasteiger partial charge on any atom is -0.492 e. The summed E-state index contributed by atoms with van der Waals surface area (Å²) in [5.41, 5.74) is 0.951. The molecule has 23 heavy (non-hydrogen) atoms. The van der Waals surface area contributed by atoms with Crippen molar-refractivity contribution in [2.75, 3.05) is 11.8 Å². The third kappa shape index (κ3) is 3.37. The van der Waals surface area contributed by atoms with E-state index in [1.54, 1.807) is 12.1 Å². The topological polar surface area (TPSA) is 52.3 Å². The molecule has 1 fully saturated rings. The number of alkyl halides is 1. The van der Waals surface area contributed by atoms with E-state index >= 15 is 0 Å². The summed E-state index contributed by atoms with van der Waals surface area (Å²) in [4.78, 5) is 13.6. The van der Waals surface area contributed by atoms with Crippen molar-refractivity contribution in [1.82, 2.24) is 5.16 Å². The maximum Gasteiger partial charge on any atom is 0.201 e. The Balaban J connectivity index is 2.05. The number of carbonyl (C=O) groups excluding carboxylic acids is 1. The van der Waals surface area contributed by atoms with Crippen LogP contribution in [0.4, 0.5) is 0 Å². The van der Waals surface area contributed by atoms with Crippen LogP contribution in [-0.4, -0.2) is 22.8 Å². The Morgan fingerprint density at radius 1 is 1.43 bits per heavy atom. The number of hydrogen-bond donors (Lipinski definition) is 0. The van der Waals surface area contributed by atoms with Crippen LogP contribution in [0.5, 0.6) is 5.75 Å². The molecule has 0 N–H and O–H groups in total. The van der Waals surface area contributed by atoms with E-state index in [-0.39, 0.29) is 5.78 Å². The molecule has 0 saturated heterocycles. The van der Waals surface area contributed by atoms with Crippen molar-refractivity contribution in [1.29, 1.82) is 0 Å². The number of ether oxygens (including phenoxy) is 1. The lowest BCUT2D eigenvalue weighted by atomic mass is 10.0. The van der Waals surface area contributed by atoms with Crippen LogP contribution in [0.15, 0.2) is 27.7 Å². The van der Waals surface area contributed by atoms with Crippen molar-refractivity contribution >= 4 is 40.7 Å². The Kier molecular flexibility index (Phi) is 5.19. The Labute approximate surface area is 148 Å². The van der Waals surface area contributed by atoms with Crippen LogP contribution >= 0.6 is 35.0 Å². The van der Waals surface area contributed by atoms with E-state index < -0.39 is 0 Å². The second-order valence-corrected chi connectivity index (χ2v) is 7.12. The standard InChI is InChI=1S/C16H15Cl2NO3S/c1-2-21-15-10(5-6-12(18)16(15)23-8-17)13(20)11-7-19-22-14(11)9-3-4-9/h5-7,9H,2-4,8H2,1H3. The molecule has 0 unspecified atom stereocenters. The summed E-state index contributed by atoms with van der Waals surface area (Å²) in [5, 5.41) is 4.63. The molecule has 7 heteroatoms. The summed E-state index contributed by atoms with van der Waals surface area (Å²) in [7, 11) is 0. The molecule has 0 aliphatic heterocycles. The second kappa shape index (κ2) is 7.16. The molecule has 1 heterocycles. The zero-order valence-corrected chi connectivity index (χ0v) is 14.8. The largest absolute Gasteiger partial charge is 0.492 e. The van der Waals surface area contributed by atoms with Crippen molar-refractivity contribution < 1.29 is 14.1 Å². The number of halogens is 2. The Morgan fingerprint density at radius 2 is 2.22 bits per heavy atom. The summed E-state index contributed by atoms with van der Waals surface area (Å²) in [6, 6.07) is 3.37. The normalized spacial score (nSPS) is 14.0. The van der Waals surface area contributed by atoms with E-state index in [9.17, 15) is 4.79 Å². The average molecular weight is 372 g/mol. The molecule has 1 aromatic carbocycles. The zero-order chi connectivity index (χ0) is 16.4. The number of aromatic nitrogens is 1. The van der Waals surface area contributed by atoms with Gasteiger partial charge in [0.1, 0.15) is 5.75 Å². The monoisotopic (exact) mass is 371 g/mol. The smallest absolute Gasteiger partial charge is 0.201 e. The zero-order valence-electron chi connectivity index (χ0n) is 12.5. The summed E-state index contributed by atoms with van der Waals surface area (Å²) in [6.07, 6.45) is 3.54. The van der Waals surface area contributed by atoms with Crippen LogP contribution in [0.25, 0.3) is 0 Å². The van der Waals surface area contributed by atoms with Crippen molar-refractivity contribution in [2.45, 2.75) is 30.6 Å². The van der Waals surface area contributed by atoms with Gasteiger partial charge in [0, 0.05) is 5.92 Å². The van der Waals surface area contributed by atoms with Gasteiger partial charge in [-0.3, -0.25) is 4.79 Å². The SMILES string of the molecule is CCOc1c(C(=O)c2cnoc2C2CC2)ccc(Cl)c1SCCl. The molecule has 0 radical (unpaired) electrons. The lowest BCUT2D eigenvalue weighted by molar-refractivity contribution is 0.103. The van der Waals surface area contributed by atoms with Gasteiger partial charge in [-0.1, -0.05) is 16.8 Å². The van der Waals surface area contributed by atoms with Crippen LogP contribution in [0.3, 0.4) is 0 Å². The van der Waals surface area contributed by atoms with Gasteiger partial charge in [-0.15, -0.1) is 23.4 Å². The molecule has 3 rings (SSSR count). The van der Waals surface area contributed by atoms with E-state index in [1.807, 2.05) is 6.92 Å². The molecular weight excluding hydrogens is 357 g/mol. The number of hydrogen-bond acceptors (Lipinski definition) is 5. The molecule has 1 saturated carbocycles. The predicted molar refractivity (Wildman–Crippen MR) is 91.1 cm³/mol. The lowest BCUT2D eigenvalue weighted by Crippen LogP contribution is -2.08. The molecule has 1 aromatic heterocycles. The van der Waals surface area contributed by atoms with Crippen molar-refractivity contribution in [2.24, 2.45) is 0 Å². The molecular formula is C16H15Cl2NO3S. The Bertz CT molecular complexity index is 728. The van der Waals surface area contributed by atoms with Crippen molar-refractivity contribution in [3.8, 4) is 5.75 Å². The fourth-order valence-corrected chi connectivity index (χ4v) is 3.65. The van der Waals surface area contributed by atoms with Crippen LogP contribution in [0.2, 0.25) is 5.02 Å². The summed E-state index contributed by atoms with van der Waals surface area (Å²) < 4.78 is 11.0. The van der Waals surface area contributed by atoms with Crippen LogP contribution < -0.4 is 4.74 Å². The first kappa shape index (κ1) is 16.7. The highest BCUT2D eigenvalue weighted by Crippen LogP contribution is 2.44. The highest BCUT2D eigenvalue weighted by molar-refractivity contribution is 8.00. The first-order valence-corrected chi connectivity index (χ1v) is 9.20. The van der Waals surface area contributed by atoms with E-state index in [0.29, 0.717) is 50.3 Å². The van der Waals surface area contributed by atoms with Gasteiger partial charge in [-0.25, -0.2) is 0 Å². The molecule has 0 atom stereocenters. The second-order valence-electron chi connectivity index (χ2n) is 5.15. The summed E-state index contributed by atoms with van der Waals surface area (Å²) in [6.45, 7) is 2.29. The Hall–Kier alpha value is -1.17. The van der Waals surface area contributed by atoms with Gasteiger partial charge in [0.15, 0.2) is 5.76 Å². The van der Waals surface area contributed by atoms with Gasteiger partial charge in [0.25, 0.3) is 0 Å². The molecule has 1 aliphatic rings. The van der Waals surface area contributed by atoms with Gasteiger partial charge in [-0.2, -0.15) is 0 Å². The molecule has 1 aliphatic carbocycles. The fourth-order valence-electron chi connectivity index (χ4n) is 2.40. The maximum absolute atomic E-state index is 13.0. The third-order valence-corrected chi connectivity index (χ3v) is 5.14. The average Bonchev–Trinajstić information content (AvgIpc) is 3.27. The first-order chi connectivity index (χ1) is 11.2. The molecule has 0 amide bonds. The van der Waals surface area contributed by atoms with Crippen LogP contribution in [-0.2, 0) is 0 Å². The van der Waals surface area contributed by atoms with Gasteiger partial charge in [0.05, 0.1) is 39.1 Å². The molecule has 4 nitrogen and oxygen atoms in total. The molecule has 2 aromatic rings. The summed E-state index contributed by atoms with van der Waals surface area (Å²) in [5.74, 6) is 1.28. The van der Waals surface area contributed by atoms with Gasteiger partial charge in [0.2, 0.25) is 5.78 Å². The minimum atomic E-state index is -0.162. The van der Waals surface area contributed by atoms with Crippen molar-refractivity contribution in [3.05, 3.63) is 40.2 Å². The fraction of sp³-hybridized carbons (Fsp3) is 0.375. The van der Waals surface area contributed by atoms with Crippen LogP contribution in [0.1, 0.15) is 47.4 Å². The van der Waals surface area contributed by atoms with E-state index in [2.05, 4.69) is 5.16 Å². The summed E-state index contributed by atoms with van der Waals surface area (Å²) >= 11 is 13.4.